The predicted molar refractivity (Wildman–Crippen MR) is 49.0 cm³/mol. The molecule has 0 saturated heterocycles. The lowest BCUT2D eigenvalue weighted by atomic mass is 10.2. The van der Waals surface area contributed by atoms with Crippen LogP contribution in [0.15, 0.2) is 18.2 Å². The van der Waals surface area contributed by atoms with E-state index in [0.717, 1.165) is 0 Å². The Balaban J connectivity index is 3.01. The fourth-order valence-electron chi connectivity index (χ4n) is 0.799. The van der Waals surface area contributed by atoms with E-state index in [1.165, 1.54) is 12.1 Å². The van der Waals surface area contributed by atoms with Crippen LogP contribution in [0.4, 0.5) is 0 Å². The van der Waals surface area contributed by atoms with E-state index in [1.807, 2.05) is 0 Å². The van der Waals surface area contributed by atoms with Crippen molar-refractivity contribution < 1.29 is 5.11 Å². The van der Waals surface area contributed by atoms with Crippen molar-refractivity contribution in [2.24, 2.45) is 5.73 Å². The number of halogens is 1. The van der Waals surface area contributed by atoms with E-state index in [-0.39, 0.29) is 5.75 Å². The monoisotopic (exact) mass is 181 g/mol. The molecule has 0 aliphatic carbocycles. The molecular weight excluding hydrogens is 174 g/mol. The van der Waals surface area contributed by atoms with Gasteiger partial charge in [0, 0.05) is 10.6 Å². The van der Waals surface area contributed by atoms with Crippen molar-refractivity contribution in [1.29, 1.82) is 0 Å². The summed E-state index contributed by atoms with van der Waals surface area (Å²) in [6.45, 7) is 0.299. The smallest absolute Gasteiger partial charge is 0.118 e. The molecule has 1 rings (SSSR count). The van der Waals surface area contributed by atoms with Crippen LogP contribution >= 0.6 is 11.6 Å². The van der Waals surface area contributed by atoms with Gasteiger partial charge in [-0.1, -0.05) is 23.4 Å². The van der Waals surface area contributed by atoms with Gasteiger partial charge in [-0.05, 0) is 18.2 Å². The van der Waals surface area contributed by atoms with Gasteiger partial charge in [0.05, 0.1) is 6.54 Å². The summed E-state index contributed by atoms with van der Waals surface area (Å²) < 4.78 is 0. The molecule has 3 heteroatoms. The Labute approximate surface area is 76.0 Å². The first-order valence-electron chi connectivity index (χ1n) is 3.41. The van der Waals surface area contributed by atoms with Crippen LogP contribution in [0, 0.1) is 11.8 Å². The van der Waals surface area contributed by atoms with Gasteiger partial charge in [0.2, 0.25) is 0 Å². The van der Waals surface area contributed by atoms with Crippen LogP contribution in [-0.4, -0.2) is 11.7 Å². The van der Waals surface area contributed by atoms with E-state index in [4.69, 9.17) is 22.4 Å². The zero-order chi connectivity index (χ0) is 8.97. The van der Waals surface area contributed by atoms with Crippen LogP contribution in [0.2, 0.25) is 5.02 Å². The van der Waals surface area contributed by atoms with Crippen molar-refractivity contribution in [3.8, 4) is 17.6 Å². The number of nitrogens with two attached hydrogens (primary N) is 1. The van der Waals surface area contributed by atoms with Crippen molar-refractivity contribution in [3.05, 3.63) is 28.8 Å². The molecular formula is C9H8ClNO. The van der Waals surface area contributed by atoms with E-state index >= 15 is 0 Å². The molecule has 1 aromatic carbocycles. The summed E-state index contributed by atoms with van der Waals surface area (Å²) in [6.07, 6.45) is 0. The van der Waals surface area contributed by atoms with Gasteiger partial charge in [0.15, 0.2) is 0 Å². The third kappa shape index (κ3) is 2.46. The topological polar surface area (TPSA) is 46.2 Å². The third-order valence-electron chi connectivity index (χ3n) is 1.22. The molecule has 0 spiro atoms. The Morgan fingerprint density at radius 2 is 2.17 bits per heavy atom. The van der Waals surface area contributed by atoms with Crippen LogP contribution in [0.25, 0.3) is 0 Å². The second kappa shape index (κ2) is 4.01. The maximum atomic E-state index is 9.11. The quantitative estimate of drug-likeness (QED) is 0.594. The second-order valence-electron chi connectivity index (χ2n) is 2.20. The van der Waals surface area contributed by atoms with E-state index < -0.39 is 0 Å². The van der Waals surface area contributed by atoms with Crippen LogP contribution in [0.1, 0.15) is 5.56 Å². The highest BCUT2D eigenvalue weighted by molar-refractivity contribution is 6.30. The van der Waals surface area contributed by atoms with Crippen LogP contribution in [-0.2, 0) is 0 Å². The summed E-state index contributed by atoms with van der Waals surface area (Å²) in [5.74, 6) is 5.55. The Morgan fingerprint density at radius 1 is 1.42 bits per heavy atom. The normalized spacial score (nSPS) is 8.83. The zero-order valence-electron chi connectivity index (χ0n) is 6.34. The lowest BCUT2D eigenvalue weighted by Crippen LogP contribution is -1.92. The molecule has 0 bridgehead atoms. The van der Waals surface area contributed by atoms with Gasteiger partial charge in [-0.3, -0.25) is 0 Å². The Kier molecular flexibility index (Phi) is 2.98. The van der Waals surface area contributed by atoms with Crippen molar-refractivity contribution in [2.45, 2.75) is 0 Å². The standard InChI is InChI=1S/C9H8ClNO/c10-8-4-7(2-1-3-11)5-9(12)6-8/h4-6,12H,3,11H2. The summed E-state index contributed by atoms with van der Waals surface area (Å²) in [5.41, 5.74) is 5.86. The Morgan fingerprint density at radius 3 is 2.75 bits per heavy atom. The number of rotatable bonds is 0. The van der Waals surface area contributed by atoms with Crippen LogP contribution in [0.5, 0.6) is 5.75 Å². The minimum atomic E-state index is 0.115. The van der Waals surface area contributed by atoms with E-state index in [2.05, 4.69) is 11.8 Å². The molecule has 0 saturated carbocycles. The van der Waals surface area contributed by atoms with E-state index in [1.54, 1.807) is 6.07 Å². The molecule has 0 radical (unpaired) electrons. The molecule has 0 aliphatic rings. The number of hydrogen-bond acceptors (Lipinski definition) is 2. The van der Waals surface area contributed by atoms with Gasteiger partial charge >= 0.3 is 0 Å². The number of phenols is 1. The highest BCUT2D eigenvalue weighted by atomic mass is 35.5. The van der Waals surface area contributed by atoms with Crippen molar-refractivity contribution in [1.82, 2.24) is 0 Å². The maximum absolute atomic E-state index is 9.11. The number of benzene rings is 1. The largest absolute Gasteiger partial charge is 0.508 e. The Bertz CT molecular complexity index is 318. The highest BCUT2D eigenvalue weighted by Gasteiger charge is 1.94. The van der Waals surface area contributed by atoms with E-state index in [9.17, 15) is 0 Å². The molecule has 62 valence electrons. The van der Waals surface area contributed by atoms with Crippen LogP contribution in [0.3, 0.4) is 0 Å². The first-order valence-corrected chi connectivity index (χ1v) is 3.78. The van der Waals surface area contributed by atoms with Gasteiger partial charge in [-0.25, -0.2) is 0 Å². The molecule has 0 aliphatic heterocycles. The van der Waals surface area contributed by atoms with Gasteiger partial charge < -0.3 is 10.8 Å². The molecule has 1 aromatic rings. The lowest BCUT2D eigenvalue weighted by molar-refractivity contribution is 0.475. The average molecular weight is 182 g/mol. The summed E-state index contributed by atoms with van der Waals surface area (Å²) in [5, 5.41) is 9.58. The lowest BCUT2D eigenvalue weighted by Gasteiger charge is -1.94. The number of hydrogen-bond donors (Lipinski definition) is 2. The highest BCUT2D eigenvalue weighted by Crippen LogP contribution is 2.18. The predicted octanol–water partition coefficient (Wildman–Crippen LogP) is 1.36. The SMILES string of the molecule is NCC#Cc1cc(O)cc(Cl)c1. The first-order chi connectivity index (χ1) is 5.72. The van der Waals surface area contributed by atoms with Gasteiger partial charge in [0.1, 0.15) is 5.75 Å². The minimum Gasteiger partial charge on any atom is -0.508 e. The summed E-state index contributed by atoms with van der Waals surface area (Å²) >= 11 is 5.67. The molecule has 3 N–H and O–H groups in total. The van der Waals surface area contributed by atoms with Crippen molar-refractivity contribution in [2.75, 3.05) is 6.54 Å². The fraction of sp³-hybridized carbons (Fsp3) is 0.111. The molecule has 2 nitrogen and oxygen atoms in total. The van der Waals surface area contributed by atoms with Gasteiger partial charge in [0.25, 0.3) is 0 Å². The van der Waals surface area contributed by atoms with Crippen LogP contribution < -0.4 is 5.73 Å². The third-order valence-corrected chi connectivity index (χ3v) is 1.44. The molecule has 0 heterocycles. The second-order valence-corrected chi connectivity index (χ2v) is 2.64. The minimum absolute atomic E-state index is 0.115. The zero-order valence-corrected chi connectivity index (χ0v) is 7.10. The van der Waals surface area contributed by atoms with Crippen molar-refractivity contribution in [3.63, 3.8) is 0 Å². The van der Waals surface area contributed by atoms with Gasteiger partial charge in [-0.15, -0.1) is 0 Å². The fourth-order valence-corrected chi connectivity index (χ4v) is 1.03. The molecule has 12 heavy (non-hydrogen) atoms. The number of phenolic OH excluding ortho intramolecular Hbond substituents is 1. The molecule has 0 atom stereocenters. The summed E-state index contributed by atoms with van der Waals surface area (Å²) in [6, 6.07) is 4.66. The van der Waals surface area contributed by atoms with E-state index in [0.29, 0.717) is 17.1 Å². The molecule has 0 fully saturated rings. The van der Waals surface area contributed by atoms with Gasteiger partial charge in [-0.2, -0.15) is 0 Å². The number of aromatic hydroxyl groups is 1. The first kappa shape index (κ1) is 8.92. The molecule has 0 amide bonds. The van der Waals surface area contributed by atoms with Crippen molar-refractivity contribution >= 4 is 11.6 Å². The Hall–Kier alpha value is -1.17. The average Bonchev–Trinajstić information content (AvgIpc) is 1.99. The maximum Gasteiger partial charge on any atom is 0.118 e. The summed E-state index contributed by atoms with van der Waals surface area (Å²) in [7, 11) is 0. The molecule has 0 aromatic heterocycles. The molecule has 0 unspecified atom stereocenters. The summed E-state index contributed by atoms with van der Waals surface area (Å²) in [4.78, 5) is 0.